The van der Waals surface area contributed by atoms with Gasteiger partial charge >= 0.3 is 5.97 Å². The van der Waals surface area contributed by atoms with E-state index in [0.29, 0.717) is 10.9 Å². The average molecular weight is 428 g/mol. The van der Waals surface area contributed by atoms with E-state index < -0.39 is 17.8 Å². The fourth-order valence-electron chi connectivity index (χ4n) is 4.11. The van der Waals surface area contributed by atoms with Gasteiger partial charge in [0, 0.05) is 16.3 Å². The first kappa shape index (κ1) is 20.0. The Hall–Kier alpha value is -3.97. The van der Waals surface area contributed by atoms with Crippen molar-refractivity contribution in [1.29, 1.82) is 0 Å². The Balaban J connectivity index is 1.57. The quantitative estimate of drug-likeness (QED) is 0.366. The lowest BCUT2D eigenvalue weighted by molar-refractivity contribution is 0.0206. The van der Waals surface area contributed by atoms with Crippen molar-refractivity contribution < 1.29 is 23.9 Å². The smallest absolute Gasteiger partial charge is 0.340 e. The average Bonchev–Trinajstić information content (AvgIpc) is 3.30. The molecule has 0 spiro atoms. The van der Waals surface area contributed by atoms with Crippen LogP contribution in [0.15, 0.2) is 60.7 Å². The van der Waals surface area contributed by atoms with Crippen molar-refractivity contribution in [3.8, 4) is 0 Å². The minimum Gasteiger partial charge on any atom is -0.462 e. The molecule has 1 N–H and O–H groups in total. The Kier molecular flexibility index (Phi) is 4.95. The second kappa shape index (κ2) is 7.94. The molecule has 160 valence electrons. The van der Waals surface area contributed by atoms with E-state index in [-0.39, 0.29) is 36.6 Å². The third kappa shape index (κ3) is 3.14. The summed E-state index contributed by atoms with van der Waals surface area (Å²) in [5, 5.41) is 1.31. The highest BCUT2D eigenvalue weighted by molar-refractivity contribution is 6.31. The molecule has 32 heavy (non-hydrogen) atoms. The largest absolute Gasteiger partial charge is 0.462 e. The van der Waals surface area contributed by atoms with Crippen LogP contribution in [0.5, 0.6) is 0 Å². The molecule has 0 unspecified atom stereocenters. The molecule has 1 aliphatic heterocycles. The van der Waals surface area contributed by atoms with Gasteiger partial charge in [0.05, 0.1) is 35.4 Å². The van der Waals surface area contributed by atoms with Crippen LogP contribution in [0, 0.1) is 0 Å². The minimum atomic E-state index is -0.550. The number of carbonyl (C=O) groups excluding carboxylic acids is 3. The molecule has 7 heteroatoms. The first-order valence-electron chi connectivity index (χ1n) is 10.3. The molecule has 0 saturated carbocycles. The third-order valence-electron chi connectivity index (χ3n) is 5.55. The van der Waals surface area contributed by atoms with Crippen LogP contribution in [0.25, 0.3) is 21.8 Å². The van der Waals surface area contributed by atoms with Crippen molar-refractivity contribution >= 4 is 39.6 Å². The van der Waals surface area contributed by atoms with Crippen LogP contribution in [-0.4, -0.2) is 41.0 Å². The van der Waals surface area contributed by atoms with E-state index in [9.17, 15) is 14.4 Å². The number of para-hydroxylation sites is 1. The van der Waals surface area contributed by atoms with E-state index >= 15 is 0 Å². The van der Waals surface area contributed by atoms with Gasteiger partial charge in [-0.05, 0) is 24.6 Å². The Morgan fingerprint density at radius 2 is 1.75 bits per heavy atom. The maximum atomic E-state index is 13.3. The molecule has 1 aliphatic rings. The maximum Gasteiger partial charge on any atom is 0.340 e. The molecule has 0 aliphatic carbocycles. The minimum absolute atomic E-state index is 0.179. The standard InChI is InChI=1S/C25H20N2O5/c1-2-32-25(30)18-12-17-21(20-16-10-6-7-11-19(16)26-22(18)20)24(29)27(23(17)28)14-31-13-15-8-4-3-5-9-15/h3-12,26H,2,13-14H2,1H3. The van der Waals surface area contributed by atoms with E-state index in [1.807, 2.05) is 54.6 Å². The molecule has 2 heterocycles. The topological polar surface area (TPSA) is 88.7 Å². The normalized spacial score (nSPS) is 13.2. The molecule has 7 nitrogen and oxygen atoms in total. The van der Waals surface area contributed by atoms with E-state index in [4.69, 9.17) is 9.47 Å². The van der Waals surface area contributed by atoms with Gasteiger partial charge in [0.25, 0.3) is 11.8 Å². The number of fused-ring (bicyclic) bond motifs is 5. The van der Waals surface area contributed by atoms with Crippen molar-refractivity contribution in [2.45, 2.75) is 13.5 Å². The number of hydrogen-bond acceptors (Lipinski definition) is 5. The van der Waals surface area contributed by atoms with Crippen LogP contribution >= 0.6 is 0 Å². The number of hydrogen-bond donors (Lipinski definition) is 1. The Bertz CT molecular complexity index is 1370. The number of nitrogens with one attached hydrogen (secondary N) is 1. The molecular weight excluding hydrogens is 408 g/mol. The zero-order chi connectivity index (χ0) is 22.2. The SMILES string of the molecule is CCOC(=O)c1cc2c(c3c1[nH]c1ccccc13)C(=O)N(COCc1ccccc1)C2=O. The molecule has 0 fully saturated rings. The van der Waals surface area contributed by atoms with Crippen molar-refractivity contribution in [2.75, 3.05) is 13.3 Å². The predicted molar refractivity (Wildman–Crippen MR) is 118 cm³/mol. The van der Waals surface area contributed by atoms with Crippen LogP contribution < -0.4 is 0 Å². The molecule has 2 amide bonds. The molecule has 0 radical (unpaired) electrons. The summed E-state index contributed by atoms with van der Waals surface area (Å²) >= 11 is 0. The van der Waals surface area contributed by atoms with E-state index in [2.05, 4.69) is 4.98 Å². The van der Waals surface area contributed by atoms with E-state index in [0.717, 1.165) is 21.4 Å². The van der Waals surface area contributed by atoms with E-state index in [1.54, 1.807) is 6.92 Å². The maximum absolute atomic E-state index is 13.3. The summed E-state index contributed by atoms with van der Waals surface area (Å²) in [5.74, 6) is -1.48. The number of carbonyl (C=O) groups is 3. The number of imide groups is 1. The highest BCUT2D eigenvalue weighted by atomic mass is 16.5. The second-order valence-corrected chi connectivity index (χ2v) is 7.49. The van der Waals surface area contributed by atoms with E-state index in [1.165, 1.54) is 6.07 Å². The Morgan fingerprint density at radius 1 is 1.00 bits per heavy atom. The summed E-state index contributed by atoms with van der Waals surface area (Å²) < 4.78 is 10.9. The van der Waals surface area contributed by atoms with Crippen molar-refractivity contribution in [1.82, 2.24) is 9.88 Å². The van der Waals surface area contributed by atoms with Crippen LogP contribution in [0.4, 0.5) is 0 Å². The Morgan fingerprint density at radius 3 is 2.53 bits per heavy atom. The summed E-state index contributed by atoms with van der Waals surface area (Å²) in [7, 11) is 0. The molecule has 0 saturated heterocycles. The molecular formula is C25H20N2O5. The number of nitrogens with zero attached hydrogens (tertiary/aromatic N) is 1. The number of H-pyrrole nitrogens is 1. The van der Waals surface area contributed by atoms with Crippen molar-refractivity contribution in [2.24, 2.45) is 0 Å². The van der Waals surface area contributed by atoms with Gasteiger partial charge in [-0.1, -0.05) is 48.5 Å². The van der Waals surface area contributed by atoms with Gasteiger partial charge in [-0.25, -0.2) is 9.69 Å². The first-order valence-corrected chi connectivity index (χ1v) is 10.3. The number of esters is 1. The van der Waals surface area contributed by atoms with Gasteiger partial charge < -0.3 is 14.5 Å². The second-order valence-electron chi connectivity index (χ2n) is 7.49. The number of rotatable bonds is 6. The number of amides is 2. The van der Waals surface area contributed by atoms with Gasteiger partial charge in [0.15, 0.2) is 0 Å². The fraction of sp³-hybridized carbons (Fsp3) is 0.160. The highest BCUT2D eigenvalue weighted by Crippen LogP contribution is 2.37. The third-order valence-corrected chi connectivity index (χ3v) is 5.55. The van der Waals surface area contributed by atoms with Crippen LogP contribution in [-0.2, 0) is 16.1 Å². The summed E-state index contributed by atoms with van der Waals surface area (Å²) in [6.45, 7) is 2.00. The lowest BCUT2D eigenvalue weighted by Crippen LogP contribution is -2.32. The van der Waals surface area contributed by atoms with Gasteiger partial charge in [-0.3, -0.25) is 9.59 Å². The van der Waals surface area contributed by atoms with Gasteiger partial charge in [0.2, 0.25) is 0 Å². The summed E-state index contributed by atoms with van der Waals surface area (Å²) in [4.78, 5) is 43.4. The molecule has 0 bridgehead atoms. The predicted octanol–water partition coefficient (Wildman–Crippen LogP) is 4.27. The highest BCUT2D eigenvalue weighted by Gasteiger charge is 2.39. The molecule has 5 rings (SSSR count). The number of ether oxygens (including phenoxy) is 2. The molecule has 4 aromatic rings. The number of aromatic amines is 1. The van der Waals surface area contributed by atoms with Gasteiger partial charge in [-0.15, -0.1) is 0 Å². The van der Waals surface area contributed by atoms with Crippen molar-refractivity contribution in [3.05, 3.63) is 82.9 Å². The summed E-state index contributed by atoms with van der Waals surface area (Å²) in [6.07, 6.45) is 0. The van der Waals surface area contributed by atoms with Crippen molar-refractivity contribution in [3.63, 3.8) is 0 Å². The zero-order valence-electron chi connectivity index (χ0n) is 17.4. The lowest BCUT2D eigenvalue weighted by Gasteiger charge is -2.14. The molecule has 0 atom stereocenters. The van der Waals surface area contributed by atoms with Gasteiger partial charge in [0.1, 0.15) is 6.73 Å². The van der Waals surface area contributed by atoms with Crippen LogP contribution in [0.2, 0.25) is 0 Å². The van der Waals surface area contributed by atoms with Gasteiger partial charge in [-0.2, -0.15) is 0 Å². The summed E-state index contributed by atoms with van der Waals surface area (Å²) in [6, 6.07) is 18.4. The monoisotopic (exact) mass is 428 g/mol. The zero-order valence-corrected chi connectivity index (χ0v) is 17.4. The fourth-order valence-corrected chi connectivity index (χ4v) is 4.11. The molecule has 1 aromatic heterocycles. The van der Waals surface area contributed by atoms with Crippen LogP contribution in [0.3, 0.4) is 0 Å². The lowest BCUT2D eigenvalue weighted by atomic mass is 9.98. The summed E-state index contributed by atoms with van der Waals surface area (Å²) in [5.41, 5.74) is 2.87. The number of aromatic nitrogens is 1. The number of benzene rings is 3. The first-order chi connectivity index (χ1) is 15.6. The molecule has 3 aromatic carbocycles. The van der Waals surface area contributed by atoms with Crippen LogP contribution in [0.1, 0.15) is 43.6 Å². The Labute approximate surface area is 183 Å².